The lowest BCUT2D eigenvalue weighted by molar-refractivity contribution is 0.0734. The maximum atomic E-state index is 13.8. The number of fused-ring (bicyclic) bond motifs is 2. The Kier molecular flexibility index (Phi) is 4.35. The van der Waals surface area contributed by atoms with Crippen molar-refractivity contribution in [1.82, 2.24) is 24.3 Å². The molecular formula is C22H18F3N5O. The molecule has 9 heteroatoms. The Balaban J connectivity index is 1.49. The molecule has 0 saturated heterocycles. The largest absolute Gasteiger partial charge is 0.332 e. The molecule has 0 fully saturated rings. The molecule has 6 nitrogen and oxygen atoms in total. The SMILES string of the molecule is Cc1cccc2c(C(=O)N3CCc4c(nn(C)c4-c4cc(F)c(F)c(F)c4)C3)cnn12. The van der Waals surface area contributed by atoms with Crippen LogP contribution in [0.3, 0.4) is 0 Å². The number of hydrogen-bond donors (Lipinski definition) is 0. The van der Waals surface area contributed by atoms with Gasteiger partial charge < -0.3 is 4.90 Å². The fourth-order valence-corrected chi connectivity index (χ4v) is 4.23. The molecule has 0 bridgehead atoms. The molecule has 1 amide bonds. The van der Waals surface area contributed by atoms with Gasteiger partial charge in [-0.05, 0) is 37.6 Å². The first kappa shape index (κ1) is 19.3. The van der Waals surface area contributed by atoms with E-state index in [1.165, 1.54) is 4.68 Å². The molecule has 0 aliphatic carbocycles. The Labute approximate surface area is 175 Å². The molecule has 4 aromatic rings. The topological polar surface area (TPSA) is 55.4 Å². The van der Waals surface area contributed by atoms with E-state index in [9.17, 15) is 18.0 Å². The van der Waals surface area contributed by atoms with Crippen LogP contribution in [-0.2, 0) is 20.0 Å². The lowest BCUT2D eigenvalue weighted by atomic mass is 9.99. The third-order valence-corrected chi connectivity index (χ3v) is 5.71. The van der Waals surface area contributed by atoms with Gasteiger partial charge >= 0.3 is 0 Å². The van der Waals surface area contributed by atoms with E-state index in [0.29, 0.717) is 29.9 Å². The van der Waals surface area contributed by atoms with Crippen molar-refractivity contribution < 1.29 is 18.0 Å². The minimum Gasteiger partial charge on any atom is -0.332 e. The zero-order valence-electron chi connectivity index (χ0n) is 16.9. The van der Waals surface area contributed by atoms with E-state index in [-0.39, 0.29) is 18.0 Å². The number of carbonyl (C=O) groups excluding carboxylic acids is 1. The van der Waals surface area contributed by atoms with Gasteiger partial charge in [-0.25, -0.2) is 17.7 Å². The van der Waals surface area contributed by atoms with E-state index >= 15 is 0 Å². The van der Waals surface area contributed by atoms with Gasteiger partial charge in [0.1, 0.15) is 0 Å². The van der Waals surface area contributed by atoms with E-state index in [1.807, 2.05) is 25.1 Å². The van der Waals surface area contributed by atoms with Crippen molar-refractivity contribution in [3.63, 3.8) is 0 Å². The summed E-state index contributed by atoms with van der Waals surface area (Å²) in [5, 5.41) is 8.77. The number of carbonyl (C=O) groups is 1. The summed E-state index contributed by atoms with van der Waals surface area (Å²) in [4.78, 5) is 14.9. The Bertz CT molecular complexity index is 1330. The van der Waals surface area contributed by atoms with Crippen molar-refractivity contribution in [3.05, 3.63) is 76.5 Å². The van der Waals surface area contributed by atoms with E-state index in [0.717, 1.165) is 28.9 Å². The fourth-order valence-electron chi connectivity index (χ4n) is 4.23. The third-order valence-electron chi connectivity index (χ3n) is 5.71. The number of rotatable bonds is 2. The number of benzene rings is 1. The molecule has 0 saturated carbocycles. The number of hydrogen-bond acceptors (Lipinski definition) is 3. The molecule has 0 N–H and O–H groups in total. The van der Waals surface area contributed by atoms with Crippen molar-refractivity contribution in [2.45, 2.75) is 19.9 Å². The van der Waals surface area contributed by atoms with Gasteiger partial charge in [-0.3, -0.25) is 9.48 Å². The predicted molar refractivity (Wildman–Crippen MR) is 107 cm³/mol. The zero-order valence-corrected chi connectivity index (χ0v) is 16.9. The molecule has 1 aliphatic heterocycles. The third kappa shape index (κ3) is 2.99. The van der Waals surface area contributed by atoms with E-state index in [4.69, 9.17) is 0 Å². The Morgan fingerprint density at radius 1 is 1.13 bits per heavy atom. The summed E-state index contributed by atoms with van der Waals surface area (Å²) in [6.45, 7) is 2.59. The smallest absolute Gasteiger partial charge is 0.258 e. The minimum absolute atomic E-state index is 0.155. The van der Waals surface area contributed by atoms with Gasteiger partial charge in [0.25, 0.3) is 5.91 Å². The van der Waals surface area contributed by atoms with Crippen LogP contribution in [0.5, 0.6) is 0 Å². The normalized spacial score (nSPS) is 13.6. The summed E-state index contributed by atoms with van der Waals surface area (Å²) in [5.41, 5.74) is 4.34. The Morgan fingerprint density at radius 3 is 2.61 bits per heavy atom. The highest BCUT2D eigenvalue weighted by Gasteiger charge is 2.29. The highest BCUT2D eigenvalue weighted by atomic mass is 19.2. The summed E-state index contributed by atoms with van der Waals surface area (Å²) >= 11 is 0. The van der Waals surface area contributed by atoms with Gasteiger partial charge in [-0.15, -0.1) is 0 Å². The fraction of sp³-hybridized carbons (Fsp3) is 0.227. The molecule has 1 aromatic carbocycles. The second kappa shape index (κ2) is 6.97. The minimum atomic E-state index is -1.50. The first-order valence-corrected chi connectivity index (χ1v) is 9.77. The van der Waals surface area contributed by atoms with Crippen LogP contribution in [-0.4, -0.2) is 36.7 Å². The van der Waals surface area contributed by atoms with Crippen molar-refractivity contribution in [2.24, 2.45) is 7.05 Å². The van der Waals surface area contributed by atoms with Gasteiger partial charge in [0.05, 0.1) is 35.2 Å². The van der Waals surface area contributed by atoms with Crippen molar-refractivity contribution in [3.8, 4) is 11.3 Å². The second-order valence-electron chi connectivity index (χ2n) is 7.65. The number of halogens is 3. The van der Waals surface area contributed by atoms with Crippen LogP contribution < -0.4 is 0 Å². The monoisotopic (exact) mass is 425 g/mol. The Hall–Kier alpha value is -3.62. The van der Waals surface area contributed by atoms with Crippen LogP contribution in [0.2, 0.25) is 0 Å². The molecule has 0 spiro atoms. The summed E-state index contributed by atoms with van der Waals surface area (Å²) in [7, 11) is 1.66. The molecule has 3 aromatic heterocycles. The number of amides is 1. The Morgan fingerprint density at radius 2 is 1.87 bits per heavy atom. The molecule has 31 heavy (non-hydrogen) atoms. The van der Waals surface area contributed by atoms with Crippen molar-refractivity contribution >= 4 is 11.4 Å². The van der Waals surface area contributed by atoms with Crippen molar-refractivity contribution in [2.75, 3.05) is 6.54 Å². The molecule has 4 heterocycles. The van der Waals surface area contributed by atoms with Crippen molar-refractivity contribution in [1.29, 1.82) is 0 Å². The van der Waals surface area contributed by atoms with Gasteiger partial charge in [0, 0.05) is 30.4 Å². The number of aromatic nitrogens is 4. The van der Waals surface area contributed by atoms with Gasteiger partial charge in [-0.2, -0.15) is 10.2 Å². The average molecular weight is 425 g/mol. The maximum Gasteiger partial charge on any atom is 0.258 e. The molecule has 158 valence electrons. The maximum absolute atomic E-state index is 13.8. The first-order chi connectivity index (χ1) is 14.8. The zero-order chi connectivity index (χ0) is 21.9. The summed E-state index contributed by atoms with van der Waals surface area (Å²) < 4.78 is 44.2. The molecule has 1 aliphatic rings. The number of aryl methyl sites for hydroxylation is 2. The highest BCUT2D eigenvalue weighted by molar-refractivity contribution is 6.00. The van der Waals surface area contributed by atoms with Crippen LogP contribution in [0.1, 0.15) is 27.3 Å². The summed E-state index contributed by atoms with van der Waals surface area (Å²) in [5.74, 6) is -4.15. The summed E-state index contributed by atoms with van der Waals surface area (Å²) in [6, 6.07) is 7.57. The lowest BCUT2D eigenvalue weighted by Crippen LogP contribution is -2.35. The quantitative estimate of drug-likeness (QED) is 0.461. The average Bonchev–Trinajstić information content (AvgIpc) is 3.32. The second-order valence-corrected chi connectivity index (χ2v) is 7.65. The van der Waals surface area contributed by atoms with Crippen LogP contribution >= 0.6 is 0 Å². The van der Waals surface area contributed by atoms with Gasteiger partial charge in [0.15, 0.2) is 17.5 Å². The van der Waals surface area contributed by atoms with E-state index in [2.05, 4.69) is 10.2 Å². The molecule has 0 radical (unpaired) electrons. The highest BCUT2D eigenvalue weighted by Crippen LogP contribution is 2.32. The van der Waals surface area contributed by atoms with E-state index in [1.54, 1.807) is 22.7 Å². The first-order valence-electron chi connectivity index (χ1n) is 9.77. The van der Waals surface area contributed by atoms with Crippen LogP contribution in [0.4, 0.5) is 13.2 Å². The van der Waals surface area contributed by atoms with Gasteiger partial charge in [-0.1, -0.05) is 6.07 Å². The van der Waals surface area contributed by atoms with Crippen LogP contribution in [0.25, 0.3) is 16.8 Å². The van der Waals surface area contributed by atoms with Crippen LogP contribution in [0.15, 0.2) is 36.5 Å². The number of nitrogens with zero attached hydrogens (tertiary/aromatic N) is 5. The van der Waals surface area contributed by atoms with E-state index < -0.39 is 17.5 Å². The molecular weight excluding hydrogens is 407 g/mol. The summed E-state index contributed by atoms with van der Waals surface area (Å²) in [6.07, 6.45) is 2.03. The molecule has 5 rings (SSSR count). The van der Waals surface area contributed by atoms with Gasteiger partial charge in [0.2, 0.25) is 0 Å². The van der Waals surface area contributed by atoms with Crippen LogP contribution in [0, 0.1) is 24.4 Å². The lowest BCUT2D eigenvalue weighted by Gasteiger charge is -2.26. The number of pyridine rings is 1. The standard InChI is InChI=1S/C22H18F3N5O/c1-12-4-3-5-19-15(10-26-30(12)19)22(31)29-7-6-14-18(11-29)27-28(2)21(14)13-8-16(23)20(25)17(24)9-13/h3-5,8-10H,6-7,11H2,1-2H3. The molecule has 0 unspecified atom stereocenters. The molecule has 0 atom stereocenters. The predicted octanol–water partition coefficient (Wildman–Crippen LogP) is 3.66.